The number of terminal acetylenes is 1. The average molecular weight is 326 g/mol. The van der Waals surface area contributed by atoms with E-state index in [1.165, 1.54) is 0 Å². The minimum atomic E-state index is -3.55. The van der Waals surface area contributed by atoms with Crippen LogP contribution in [0.4, 0.5) is 0 Å². The van der Waals surface area contributed by atoms with Crippen molar-refractivity contribution in [1.82, 2.24) is 0 Å². The topological polar surface area (TPSA) is 78.9 Å². The van der Waals surface area contributed by atoms with Crippen molar-refractivity contribution >= 4 is 17.7 Å². The molecule has 0 aliphatic heterocycles. The molecule has 0 aliphatic carbocycles. The molecular weight excluding hydrogens is 303 g/mol. The smallest absolute Gasteiger partial charge is 0.309 e. The Labute approximate surface area is 121 Å². The summed E-state index contributed by atoms with van der Waals surface area (Å²) in [7, 11) is -6.58. The highest BCUT2D eigenvalue weighted by molar-refractivity contribution is 7.86. The third-order valence-corrected chi connectivity index (χ3v) is 5.73. The first-order chi connectivity index (χ1) is 9.39. The maximum absolute atomic E-state index is 12.1. The third kappa shape index (κ3) is 9.51. The van der Waals surface area contributed by atoms with Gasteiger partial charge in [-0.2, -0.15) is 8.42 Å². The van der Waals surface area contributed by atoms with Gasteiger partial charge in [0, 0.05) is 0 Å². The molecule has 0 amide bonds. The molecule has 0 bridgehead atoms. The summed E-state index contributed by atoms with van der Waals surface area (Å²) < 4.78 is 49.6. The number of rotatable bonds is 12. The van der Waals surface area contributed by atoms with E-state index in [1.54, 1.807) is 13.8 Å². The quantitative estimate of drug-likeness (QED) is 0.237. The Hall–Kier alpha value is -0.380. The Kier molecular flexibility index (Phi) is 10.2. The Bertz CT molecular complexity index is 429. The van der Waals surface area contributed by atoms with E-state index in [0.29, 0.717) is 38.6 Å². The van der Waals surface area contributed by atoms with Crippen LogP contribution in [-0.4, -0.2) is 40.2 Å². The van der Waals surface area contributed by atoms with E-state index in [1.807, 2.05) is 0 Å². The number of hydrogen-bond donors (Lipinski definition) is 0. The summed E-state index contributed by atoms with van der Waals surface area (Å²) in [5.74, 6) is 2.01. The van der Waals surface area contributed by atoms with Gasteiger partial charge in [0.15, 0.2) is 0 Å². The molecule has 0 fully saturated rings. The van der Waals surface area contributed by atoms with Crippen LogP contribution in [0.15, 0.2) is 0 Å². The average Bonchev–Trinajstić information content (AvgIpc) is 2.36. The van der Waals surface area contributed by atoms with Gasteiger partial charge in [0.05, 0.1) is 25.1 Å². The second kappa shape index (κ2) is 10.4. The zero-order valence-electron chi connectivity index (χ0n) is 12.0. The van der Waals surface area contributed by atoms with Crippen molar-refractivity contribution in [1.29, 1.82) is 0 Å². The molecule has 0 unspecified atom stereocenters. The highest BCUT2D eigenvalue weighted by Gasteiger charge is 2.22. The Morgan fingerprint density at radius 1 is 1.10 bits per heavy atom. The van der Waals surface area contributed by atoms with Gasteiger partial charge < -0.3 is 9.05 Å². The second-order valence-corrected chi connectivity index (χ2v) is 7.90. The summed E-state index contributed by atoms with van der Waals surface area (Å²) >= 11 is 0. The lowest BCUT2D eigenvalue weighted by atomic mass is 10.3. The predicted octanol–water partition coefficient (Wildman–Crippen LogP) is 2.40. The molecule has 0 saturated heterocycles. The van der Waals surface area contributed by atoms with E-state index < -0.39 is 17.7 Å². The van der Waals surface area contributed by atoms with Gasteiger partial charge in [-0.1, -0.05) is 12.3 Å². The van der Waals surface area contributed by atoms with E-state index in [0.717, 1.165) is 0 Å². The highest BCUT2D eigenvalue weighted by atomic mass is 32.2. The minimum Gasteiger partial charge on any atom is -0.309 e. The molecule has 0 rings (SSSR count). The molecule has 0 atom stereocenters. The van der Waals surface area contributed by atoms with Crippen LogP contribution < -0.4 is 0 Å². The predicted molar refractivity (Wildman–Crippen MR) is 78.1 cm³/mol. The normalized spacial score (nSPS) is 12.2. The summed E-state index contributed by atoms with van der Waals surface area (Å²) in [6.45, 7) is 3.91. The van der Waals surface area contributed by atoms with Crippen molar-refractivity contribution in [2.75, 3.05) is 31.7 Å². The van der Waals surface area contributed by atoms with Crippen molar-refractivity contribution in [3.63, 3.8) is 0 Å². The van der Waals surface area contributed by atoms with Crippen molar-refractivity contribution in [3.05, 3.63) is 0 Å². The zero-order chi connectivity index (χ0) is 15.5. The molecule has 0 heterocycles. The lowest BCUT2D eigenvalue weighted by Gasteiger charge is -2.16. The summed E-state index contributed by atoms with van der Waals surface area (Å²) in [5, 5.41) is 0. The molecule has 118 valence electrons. The molecule has 0 aliphatic rings. The fraction of sp³-hybridized carbons (Fsp3) is 0.833. The van der Waals surface area contributed by atoms with E-state index in [-0.39, 0.29) is 12.4 Å². The maximum Gasteiger partial charge on any atom is 0.330 e. The van der Waals surface area contributed by atoms with Gasteiger partial charge >= 0.3 is 7.60 Å². The Balaban J connectivity index is 3.96. The van der Waals surface area contributed by atoms with Gasteiger partial charge in [0.1, 0.15) is 6.61 Å². The fourth-order valence-electron chi connectivity index (χ4n) is 1.50. The molecule has 0 aromatic carbocycles. The first-order valence-corrected chi connectivity index (χ1v) is 9.88. The van der Waals surface area contributed by atoms with Gasteiger partial charge in [-0.3, -0.25) is 8.75 Å². The van der Waals surface area contributed by atoms with E-state index in [9.17, 15) is 13.0 Å². The molecule has 6 nitrogen and oxygen atoms in total. The Morgan fingerprint density at radius 3 is 2.20 bits per heavy atom. The Morgan fingerprint density at radius 2 is 1.70 bits per heavy atom. The number of hydrogen-bond acceptors (Lipinski definition) is 6. The van der Waals surface area contributed by atoms with Gasteiger partial charge in [0.2, 0.25) is 0 Å². The van der Waals surface area contributed by atoms with E-state index in [2.05, 4.69) is 10.1 Å². The molecule has 0 N–H and O–H groups in total. The lowest BCUT2D eigenvalue weighted by molar-refractivity contribution is 0.219. The maximum atomic E-state index is 12.1. The van der Waals surface area contributed by atoms with Gasteiger partial charge in [-0.25, -0.2) is 0 Å². The number of unbranched alkanes of at least 4 members (excludes halogenated alkanes) is 2. The van der Waals surface area contributed by atoms with Crippen molar-refractivity contribution in [3.8, 4) is 12.3 Å². The van der Waals surface area contributed by atoms with Crippen LogP contribution in [0.1, 0.15) is 33.1 Å². The fourth-order valence-corrected chi connectivity index (χ4v) is 4.16. The van der Waals surface area contributed by atoms with Crippen molar-refractivity contribution in [2.24, 2.45) is 0 Å². The molecule has 0 radical (unpaired) electrons. The molecule has 0 aromatic rings. The standard InChI is InChI=1S/C12H23O6PS/c1-4-10-18-20(14,15)12-9-7-8-11-19(13,16-5-2)17-6-3/h1H,5-12H2,2-3H3. The second-order valence-electron chi connectivity index (χ2n) is 3.96. The summed E-state index contributed by atoms with van der Waals surface area (Å²) in [4.78, 5) is 0. The minimum absolute atomic E-state index is 0.0950. The molecule has 0 aromatic heterocycles. The third-order valence-electron chi connectivity index (χ3n) is 2.30. The van der Waals surface area contributed by atoms with Crippen LogP contribution in [0.5, 0.6) is 0 Å². The van der Waals surface area contributed by atoms with Crippen LogP contribution >= 0.6 is 7.60 Å². The van der Waals surface area contributed by atoms with Crippen LogP contribution in [0.25, 0.3) is 0 Å². The highest BCUT2D eigenvalue weighted by Crippen LogP contribution is 2.48. The van der Waals surface area contributed by atoms with Gasteiger partial charge in [0.25, 0.3) is 10.1 Å². The van der Waals surface area contributed by atoms with Crippen molar-refractivity contribution < 1.29 is 26.2 Å². The lowest BCUT2D eigenvalue weighted by Crippen LogP contribution is -2.11. The first-order valence-electron chi connectivity index (χ1n) is 6.58. The van der Waals surface area contributed by atoms with Crippen LogP contribution in [0.3, 0.4) is 0 Å². The summed E-state index contributed by atoms with van der Waals surface area (Å²) in [5.41, 5.74) is 0. The summed E-state index contributed by atoms with van der Waals surface area (Å²) in [6, 6.07) is 0. The first kappa shape index (κ1) is 19.6. The molecule has 0 saturated carbocycles. The van der Waals surface area contributed by atoms with Crippen LogP contribution in [0.2, 0.25) is 0 Å². The molecule has 0 spiro atoms. The van der Waals surface area contributed by atoms with Crippen LogP contribution in [0, 0.1) is 12.3 Å². The summed E-state index contributed by atoms with van der Waals surface area (Å²) in [6.07, 6.45) is 6.80. The van der Waals surface area contributed by atoms with Crippen molar-refractivity contribution in [2.45, 2.75) is 33.1 Å². The SMILES string of the molecule is C#CCOS(=O)(=O)CCCCCP(=O)(OCC)OCC. The molecule has 8 heteroatoms. The van der Waals surface area contributed by atoms with Crippen LogP contribution in [-0.2, 0) is 27.9 Å². The van der Waals surface area contributed by atoms with E-state index >= 15 is 0 Å². The molecule has 20 heavy (non-hydrogen) atoms. The molecular formula is C12H23O6PS. The zero-order valence-corrected chi connectivity index (χ0v) is 13.8. The van der Waals surface area contributed by atoms with Gasteiger partial charge in [-0.15, -0.1) is 6.42 Å². The monoisotopic (exact) mass is 326 g/mol. The van der Waals surface area contributed by atoms with E-state index in [4.69, 9.17) is 15.5 Å². The largest absolute Gasteiger partial charge is 0.330 e. The van der Waals surface area contributed by atoms with Gasteiger partial charge in [-0.05, 0) is 26.7 Å².